The van der Waals surface area contributed by atoms with E-state index in [4.69, 9.17) is 4.74 Å². The predicted octanol–water partition coefficient (Wildman–Crippen LogP) is 5.16. The van der Waals surface area contributed by atoms with Crippen LogP contribution in [-0.4, -0.2) is 13.1 Å². The van der Waals surface area contributed by atoms with Gasteiger partial charge in [-0.15, -0.1) is 0 Å². The van der Waals surface area contributed by atoms with E-state index in [1.54, 1.807) is 36.4 Å². The van der Waals surface area contributed by atoms with E-state index in [1.807, 2.05) is 0 Å². The molecule has 0 saturated carbocycles. The molecule has 0 radical (unpaired) electrons. The minimum atomic E-state index is -0.725. The molecule has 0 aliphatic carbocycles. The summed E-state index contributed by atoms with van der Waals surface area (Å²) in [5.41, 5.74) is 0.00512. The Balaban J connectivity index is 2.10. The number of benzene rings is 3. The van der Waals surface area contributed by atoms with Gasteiger partial charge in [0.2, 0.25) is 5.43 Å². The lowest BCUT2D eigenvalue weighted by atomic mass is 10.2. The molecular weight excluding hydrogens is 370 g/mol. The second-order valence-corrected chi connectivity index (χ2v) is 7.90. The van der Waals surface area contributed by atoms with Crippen LogP contribution in [0, 0.1) is 11.6 Å². The summed E-state index contributed by atoms with van der Waals surface area (Å²) in [6.07, 6.45) is 0. The van der Waals surface area contributed by atoms with Crippen molar-refractivity contribution in [1.82, 2.24) is 0 Å². The summed E-state index contributed by atoms with van der Waals surface area (Å²) in [4.78, 5) is 25.3. The second kappa shape index (κ2) is 6.55. The zero-order valence-corrected chi connectivity index (χ0v) is 15.0. The molecule has 0 unspecified atom stereocenters. The lowest BCUT2D eigenvalue weighted by Crippen LogP contribution is -2.03. The van der Waals surface area contributed by atoms with Crippen LogP contribution in [0.1, 0.15) is 10.4 Å². The van der Waals surface area contributed by atoms with E-state index in [9.17, 15) is 18.4 Å². The van der Waals surface area contributed by atoms with Gasteiger partial charge in [-0.1, -0.05) is 0 Å². The molecular formula is C21H13F2O3S+. The van der Waals surface area contributed by atoms with Crippen LogP contribution in [0.4, 0.5) is 8.78 Å². The van der Waals surface area contributed by atoms with Crippen molar-refractivity contribution in [2.24, 2.45) is 0 Å². The average molecular weight is 383 g/mol. The molecule has 0 N–H and O–H groups in total. The molecule has 0 saturated heterocycles. The molecule has 0 fully saturated rings. The fourth-order valence-electron chi connectivity index (χ4n) is 3.08. The second-order valence-electron chi connectivity index (χ2n) is 5.93. The standard InChI is InChI=1S/C21H13F2O3S/c1-26-21(25)12-2-6-15(7-3-12)27-18-8-4-13(22)10-16(18)20(24)17-11-14(23)5-9-19(17)27/h2-11H,1H3/q+1. The maximum absolute atomic E-state index is 13.8. The minimum absolute atomic E-state index is 0.230. The van der Waals surface area contributed by atoms with Gasteiger partial charge in [-0.2, -0.15) is 0 Å². The average Bonchev–Trinajstić information content (AvgIpc) is 2.69. The van der Waals surface area contributed by atoms with E-state index in [1.165, 1.54) is 31.4 Å². The van der Waals surface area contributed by atoms with Crippen LogP contribution < -0.4 is 5.43 Å². The molecule has 0 spiro atoms. The van der Waals surface area contributed by atoms with Crippen molar-refractivity contribution < 1.29 is 18.3 Å². The summed E-state index contributed by atoms with van der Waals surface area (Å²) >= 11 is 0. The fourth-order valence-corrected chi connectivity index (χ4v) is 5.38. The number of hydrogen-bond acceptors (Lipinski definition) is 3. The quantitative estimate of drug-likeness (QED) is 0.273. The first-order valence-electron chi connectivity index (χ1n) is 8.06. The van der Waals surface area contributed by atoms with Gasteiger partial charge in [0.25, 0.3) is 0 Å². The van der Waals surface area contributed by atoms with Crippen LogP contribution in [0.2, 0.25) is 0 Å². The molecule has 3 nitrogen and oxygen atoms in total. The van der Waals surface area contributed by atoms with E-state index < -0.39 is 33.5 Å². The van der Waals surface area contributed by atoms with Gasteiger partial charge in [0.15, 0.2) is 14.3 Å². The molecule has 0 aliphatic rings. The van der Waals surface area contributed by atoms with Gasteiger partial charge in [-0.3, -0.25) is 4.79 Å². The normalized spacial score (nSPS) is 11.1. The number of hydrogen-bond donors (Lipinski definition) is 0. The van der Waals surface area contributed by atoms with Crippen LogP contribution >= 0.6 is 10.5 Å². The number of ether oxygens (including phenoxy) is 1. The summed E-state index contributed by atoms with van der Waals surface area (Å²) < 4.78 is 33.6. The highest BCUT2D eigenvalue weighted by molar-refractivity contribution is 7.49. The van der Waals surface area contributed by atoms with Crippen LogP contribution in [-0.2, 0) is 4.74 Å². The number of rotatable bonds is 2. The molecule has 1 aromatic heterocycles. The fraction of sp³-hybridized carbons (Fsp3) is 0.0476. The summed E-state index contributed by atoms with van der Waals surface area (Å²) in [6, 6.07) is 15.0. The summed E-state index contributed by atoms with van der Waals surface area (Å²) in [5.74, 6) is -1.49. The number of halogens is 2. The van der Waals surface area contributed by atoms with Gasteiger partial charge in [-0.25, -0.2) is 13.6 Å². The lowest BCUT2D eigenvalue weighted by molar-refractivity contribution is 0.0601. The van der Waals surface area contributed by atoms with Crippen LogP contribution in [0.3, 0.4) is 0 Å². The number of methoxy groups -OCH3 is 1. The Morgan fingerprint density at radius 3 is 1.85 bits per heavy atom. The summed E-state index contributed by atoms with van der Waals surface area (Å²) in [5, 5.41) is 0.460. The molecule has 27 heavy (non-hydrogen) atoms. The van der Waals surface area contributed by atoms with E-state index in [-0.39, 0.29) is 10.8 Å². The Hall–Kier alpha value is -3.12. The van der Waals surface area contributed by atoms with Crippen LogP contribution in [0.5, 0.6) is 0 Å². The Morgan fingerprint density at radius 1 is 0.852 bits per heavy atom. The van der Waals surface area contributed by atoms with Gasteiger partial charge < -0.3 is 4.74 Å². The van der Waals surface area contributed by atoms with E-state index in [0.717, 1.165) is 4.90 Å². The zero-order chi connectivity index (χ0) is 19.1. The highest BCUT2D eigenvalue weighted by atomic mass is 32.2. The number of fused-ring (bicyclic) bond motifs is 2. The van der Waals surface area contributed by atoms with Gasteiger partial charge in [-0.05, 0) is 48.5 Å². The molecule has 0 atom stereocenters. The molecule has 0 amide bonds. The molecule has 3 aromatic carbocycles. The first-order valence-corrected chi connectivity index (χ1v) is 9.28. The Bertz CT molecular complexity index is 1190. The Labute approximate surface area is 155 Å². The molecule has 0 bridgehead atoms. The largest absolute Gasteiger partial charge is 0.465 e. The van der Waals surface area contributed by atoms with Gasteiger partial charge >= 0.3 is 5.97 Å². The number of carbonyl (C=O) groups excluding carboxylic acids is 1. The highest BCUT2D eigenvalue weighted by Crippen LogP contribution is 2.43. The maximum atomic E-state index is 13.8. The van der Waals surface area contributed by atoms with Crippen molar-refractivity contribution in [2.75, 3.05) is 7.11 Å². The third kappa shape index (κ3) is 2.88. The first kappa shape index (κ1) is 17.3. The highest BCUT2D eigenvalue weighted by Gasteiger charge is 2.24. The van der Waals surface area contributed by atoms with Crippen LogP contribution in [0.25, 0.3) is 25.1 Å². The van der Waals surface area contributed by atoms with Crippen molar-refractivity contribution in [3.8, 4) is 4.90 Å². The molecule has 4 rings (SSSR count). The van der Waals surface area contributed by atoms with Gasteiger partial charge in [0.1, 0.15) is 11.6 Å². The SMILES string of the molecule is COC(=O)c1ccc(-[s+]2c3ccc(F)cc3c(=O)c3cc(F)ccc32)cc1. The molecule has 4 aromatic rings. The van der Waals surface area contributed by atoms with Crippen molar-refractivity contribution in [1.29, 1.82) is 0 Å². The van der Waals surface area contributed by atoms with Gasteiger partial charge in [0, 0.05) is 22.6 Å². The Morgan fingerprint density at radius 2 is 1.37 bits per heavy atom. The molecule has 1 heterocycles. The predicted molar refractivity (Wildman–Crippen MR) is 103 cm³/mol. The summed E-state index contributed by atoms with van der Waals surface area (Å²) in [7, 11) is 0.581. The third-order valence-corrected chi connectivity index (χ3v) is 6.66. The van der Waals surface area contributed by atoms with E-state index >= 15 is 0 Å². The smallest absolute Gasteiger partial charge is 0.337 e. The van der Waals surface area contributed by atoms with Gasteiger partial charge in [0.05, 0.1) is 23.4 Å². The number of carbonyl (C=O) groups is 1. The van der Waals surface area contributed by atoms with E-state index in [2.05, 4.69) is 0 Å². The van der Waals surface area contributed by atoms with Crippen molar-refractivity contribution in [2.45, 2.75) is 0 Å². The van der Waals surface area contributed by atoms with Crippen molar-refractivity contribution in [3.05, 3.63) is 88.1 Å². The number of esters is 1. The third-order valence-electron chi connectivity index (χ3n) is 4.32. The van der Waals surface area contributed by atoms with Crippen LogP contribution in [0.15, 0.2) is 65.5 Å². The Kier molecular flexibility index (Phi) is 4.20. The first-order chi connectivity index (χ1) is 13.0. The molecule has 134 valence electrons. The topological polar surface area (TPSA) is 43.4 Å². The maximum Gasteiger partial charge on any atom is 0.337 e. The lowest BCUT2D eigenvalue weighted by Gasteiger charge is -2.04. The van der Waals surface area contributed by atoms with Crippen molar-refractivity contribution >= 4 is 36.6 Å². The summed E-state index contributed by atoms with van der Waals surface area (Å²) in [6.45, 7) is 0. The molecule has 0 aliphatic heterocycles. The minimum Gasteiger partial charge on any atom is -0.465 e. The van der Waals surface area contributed by atoms with E-state index in [0.29, 0.717) is 15.0 Å². The monoisotopic (exact) mass is 383 g/mol. The molecule has 6 heteroatoms. The zero-order valence-electron chi connectivity index (χ0n) is 14.2. The van der Waals surface area contributed by atoms with Crippen molar-refractivity contribution in [3.63, 3.8) is 0 Å².